The van der Waals surface area contributed by atoms with E-state index in [1.165, 1.54) is 12.1 Å². The summed E-state index contributed by atoms with van der Waals surface area (Å²) >= 11 is 0. The van der Waals surface area contributed by atoms with Gasteiger partial charge in [0.15, 0.2) is 5.16 Å². The number of benzene rings is 2. The van der Waals surface area contributed by atoms with Crippen LogP contribution in [0.25, 0.3) is 32.6 Å². The summed E-state index contributed by atoms with van der Waals surface area (Å²) < 4.78 is 26.7. The van der Waals surface area contributed by atoms with Gasteiger partial charge in [0.25, 0.3) is 5.56 Å². The molecule has 2 aromatic carbocycles. The fourth-order valence-electron chi connectivity index (χ4n) is 3.47. The summed E-state index contributed by atoms with van der Waals surface area (Å²) in [7, 11) is -1.28. The van der Waals surface area contributed by atoms with Crippen molar-refractivity contribution >= 4 is 43.4 Å². The fourth-order valence-corrected chi connectivity index (χ4v) is 4.78. The molecule has 5 nitrogen and oxygen atoms in total. The molecule has 0 aliphatic carbocycles. The molecule has 0 bridgehead atoms. The molecule has 2 heterocycles. The molecule has 0 saturated heterocycles. The number of H-pyrrole nitrogens is 2. The zero-order valence-electron chi connectivity index (χ0n) is 14.4. The van der Waals surface area contributed by atoms with Crippen molar-refractivity contribution in [2.24, 2.45) is 0 Å². The Morgan fingerprint density at radius 1 is 1.15 bits per heavy atom. The Morgan fingerprint density at radius 2 is 1.92 bits per heavy atom. The van der Waals surface area contributed by atoms with Gasteiger partial charge in [0.1, 0.15) is 5.82 Å². The fraction of sp³-hybridized carbons (Fsp3) is 0.263. The molecule has 0 fully saturated rings. The lowest BCUT2D eigenvalue weighted by atomic mass is 10.0. The largest absolute Gasteiger partial charge is 0.330 e. The summed E-state index contributed by atoms with van der Waals surface area (Å²) in [6, 6.07) is 6.07. The summed E-state index contributed by atoms with van der Waals surface area (Å²) in [6.45, 7) is 4.00. The molecule has 4 rings (SSSR count). The second kappa shape index (κ2) is 6.32. The first kappa shape index (κ1) is 16.9. The Hall–Kier alpha value is -2.54. The van der Waals surface area contributed by atoms with E-state index >= 15 is 0 Å². The van der Waals surface area contributed by atoms with Gasteiger partial charge in [-0.15, -0.1) is 0 Å². The molecule has 0 amide bonds. The van der Waals surface area contributed by atoms with Gasteiger partial charge in [0.05, 0.1) is 27.2 Å². The first-order valence-corrected chi connectivity index (χ1v) is 9.79. The van der Waals surface area contributed by atoms with E-state index in [0.29, 0.717) is 37.7 Å². The molecule has 7 heteroatoms. The topological polar surface area (TPSA) is 78.6 Å². The quantitative estimate of drug-likeness (QED) is 0.532. The van der Waals surface area contributed by atoms with Gasteiger partial charge in [-0.2, -0.15) is 0 Å². The van der Waals surface area contributed by atoms with E-state index in [0.717, 1.165) is 12.8 Å². The number of aromatic amines is 2. The number of hydrogen-bond acceptors (Lipinski definition) is 3. The average molecular weight is 371 g/mol. The minimum absolute atomic E-state index is 0.00828. The zero-order chi connectivity index (χ0) is 18.4. The third-order valence-corrected chi connectivity index (χ3v) is 6.67. The SMILES string of the molecule is CCC(CC)S(=O)c1nc2c3cc[nH]c(=O)c3c3cc(F)ccc3c2[nH]1. The number of imidazole rings is 1. The molecule has 2 aromatic heterocycles. The van der Waals surface area contributed by atoms with Gasteiger partial charge in [-0.25, -0.2) is 9.37 Å². The number of nitrogens with zero attached hydrogens (tertiary/aromatic N) is 1. The van der Waals surface area contributed by atoms with Crippen molar-refractivity contribution in [3.05, 3.63) is 46.6 Å². The van der Waals surface area contributed by atoms with Crippen LogP contribution in [0.15, 0.2) is 40.4 Å². The summed E-state index contributed by atoms with van der Waals surface area (Å²) in [5.41, 5.74) is 0.956. The monoisotopic (exact) mass is 371 g/mol. The standard InChI is InChI=1S/C19H18FN3O2S/c1-3-11(4-2)26(25)19-22-16-12-6-5-10(20)9-14(12)15-13(17(16)23-19)7-8-21-18(15)24/h5-9,11H,3-4H2,1-2H3,(H,21,24)(H,22,23). The first-order chi connectivity index (χ1) is 12.5. The Bertz CT molecular complexity index is 1220. The van der Waals surface area contributed by atoms with Gasteiger partial charge >= 0.3 is 0 Å². The Kier molecular flexibility index (Phi) is 4.11. The Labute approximate surface area is 151 Å². The molecule has 134 valence electrons. The minimum Gasteiger partial charge on any atom is -0.330 e. The van der Waals surface area contributed by atoms with E-state index < -0.39 is 16.6 Å². The second-order valence-corrected chi connectivity index (χ2v) is 7.94. The molecule has 0 spiro atoms. The number of halogens is 1. The van der Waals surface area contributed by atoms with Crippen molar-refractivity contribution in [2.75, 3.05) is 0 Å². The third kappa shape index (κ3) is 2.46. The van der Waals surface area contributed by atoms with Crippen molar-refractivity contribution in [1.29, 1.82) is 0 Å². The van der Waals surface area contributed by atoms with Crippen molar-refractivity contribution < 1.29 is 8.60 Å². The number of hydrogen-bond donors (Lipinski definition) is 2. The average Bonchev–Trinajstić information content (AvgIpc) is 3.08. The number of pyridine rings is 1. The molecular formula is C19H18FN3O2S. The third-order valence-electron chi connectivity index (χ3n) is 4.82. The highest BCUT2D eigenvalue weighted by Crippen LogP contribution is 2.33. The summed E-state index contributed by atoms with van der Waals surface area (Å²) in [5, 5.41) is 2.61. The number of nitrogens with one attached hydrogen (secondary N) is 2. The maximum Gasteiger partial charge on any atom is 0.256 e. The van der Waals surface area contributed by atoms with Crippen molar-refractivity contribution in [3.8, 4) is 0 Å². The van der Waals surface area contributed by atoms with Crippen LogP contribution in [0.4, 0.5) is 4.39 Å². The highest BCUT2D eigenvalue weighted by atomic mass is 32.2. The minimum atomic E-state index is -1.28. The van der Waals surface area contributed by atoms with Crippen molar-refractivity contribution in [2.45, 2.75) is 37.1 Å². The van der Waals surface area contributed by atoms with Gasteiger partial charge in [0.2, 0.25) is 0 Å². The maximum atomic E-state index is 13.8. The molecule has 2 N–H and O–H groups in total. The van der Waals surface area contributed by atoms with Crippen LogP contribution in [-0.4, -0.2) is 24.4 Å². The van der Waals surface area contributed by atoms with E-state index in [2.05, 4.69) is 15.0 Å². The van der Waals surface area contributed by atoms with Crippen LogP contribution in [0.1, 0.15) is 26.7 Å². The first-order valence-electron chi connectivity index (χ1n) is 8.58. The summed E-state index contributed by atoms with van der Waals surface area (Å²) in [4.78, 5) is 22.8. The van der Waals surface area contributed by atoms with Crippen LogP contribution in [0.2, 0.25) is 0 Å². The van der Waals surface area contributed by atoms with Crippen molar-refractivity contribution in [1.82, 2.24) is 15.0 Å². The van der Waals surface area contributed by atoms with Gasteiger partial charge in [-0.05, 0) is 37.1 Å². The van der Waals surface area contributed by atoms with Crippen LogP contribution >= 0.6 is 0 Å². The molecule has 0 radical (unpaired) electrons. The zero-order valence-corrected chi connectivity index (χ0v) is 15.2. The molecule has 26 heavy (non-hydrogen) atoms. The molecular weight excluding hydrogens is 353 g/mol. The van der Waals surface area contributed by atoms with Crippen LogP contribution in [0.3, 0.4) is 0 Å². The van der Waals surface area contributed by atoms with Crippen molar-refractivity contribution in [3.63, 3.8) is 0 Å². The normalized spacial score (nSPS) is 13.2. The highest BCUT2D eigenvalue weighted by molar-refractivity contribution is 7.85. The number of aromatic nitrogens is 3. The predicted molar refractivity (Wildman–Crippen MR) is 102 cm³/mol. The van der Waals surface area contributed by atoms with Gasteiger partial charge in [0, 0.05) is 27.6 Å². The number of rotatable bonds is 4. The lowest BCUT2D eigenvalue weighted by molar-refractivity contribution is 0.630. The molecule has 0 saturated carbocycles. The smallest absolute Gasteiger partial charge is 0.256 e. The lowest BCUT2D eigenvalue weighted by Crippen LogP contribution is -2.14. The van der Waals surface area contributed by atoms with E-state index in [9.17, 15) is 13.4 Å². The molecule has 1 atom stereocenters. The summed E-state index contributed by atoms with van der Waals surface area (Å²) in [5.74, 6) is -0.415. The van der Waals surface area contributed by atoms with Crippen LogP contribution in [-0.2, 0) is 10.8 Å². The highest BCUT2D eigenvalue weighted by Gasteiger charge is 2.21. The van der Waals surface area contributed by atoms with Crippen LogP contribution in [0.5, 0.6) is 0 Å². The second-order valence-electron chi connectivity index (χ2n) is 6.29. The molecule has 1 unspecified atom stereocenters. The van der Waals surface area contributed by atoms with Gasteiger partial charge in [-0.3, -0.25) is 9.00 Å². The van der Waals surface area contributed by atoms with E-state index in [1.54, 1.807) is 18.3 Å². The summed E-state index contributed by atoms with van der Waals surface area (Å²) in [6.07, 6.45) is 3.11. The van der Waals surface area contributed by atoms with Gasteiger partial charge < -0.3 is 9.97 Å². The lowest BCUT2D eigenvalue weighted by Gasteiger charge is -2.08. The molecule has 0 aliphatic heterocycles. The van der Waals surface area contributed by atoms with E-state index in [4.69, 9.17) is 0 Å². The van der Waals surface area contributed by atoms with Gasteiger partial charge in [-0.1, -0.05) is 13.8 Å². The van der Waals surface area contributed by atoms with Crippen LogP contribution < -0.4 is 5.56 Å². The van der Waals surface area contributed by atoms with E-state index in [-0.39, 0.29) is 10.8 Å². The number of fused-ring (bicyclic) bond motifs is 6. The van der Waals surface area contributed by atoms with E-state index in [1.807, 2.05) is 13.8 Å². The maximum absolute atomic E-state index is 13.8. The Morgan fingerprint density at radius 3 is 2.65 bits per heavy atom. The predicted octanol–water partition coefficient (Wildman–Crippen LogP) is 3.99. The van der Waals surface area contributed by atoms with Crippen LogP contribution in [0, 0.1) is 5.82 Å². The Balaban J connectivity index is 2.14. The molecule has 0 aliphatic rings. The molecule has 4 aromatic rings.